The van der Waals surface area contributed by atoms with E-state index in [4.69, 9.17) is 5.73 Å². The number of carbonyl (C=O) groups is 1. The van der Waals surface area contributed by atoms with E-state index in [1.54, 1.807) is 0 Å². The molecule has 0 radical (unpaired) electrons. The Balaban J connectivity index is 3.11. The molecule has 10 heavy (non-hydrogen) atoms. The van der Waals surface area contributed by atoms with Gasteiger partial charge in [-0.15, -0.1) is 0 Å². The van der Waals surface area contributed by atoms with Gasteiger partial charge in [0.25, 0.3) is 0 Å². The Bertz CT molecular complexity index is 104. The van der Waals surface area contributed by atoms with E-state index in [9.17, 15) is 4.79 Å². The van der Waals surface area contributed by atoms with E-state index in [0.717, 1.165) is 19.5 Å². The van der Waals surface area contributed by atoms with E-state index in [0.29, 0.717) is 6.42 Å². The number of hydrogen-bond donors (Lipinski definition) is 1. The molecular formula is C7H16N2O. The molecule has 0 saturated heterocycles. The number of hydrogen-bond acceptors (Lipinski definition) is 2. The van der Waals surface area contributed by atoms with Crippen LogP contribution in [-0.4, -0.2) is 30.9 Å². The molecule has 0 fully saturated rings. The second-order valence-corrected chi connectivity index (χ2v) is 2.47. The fraction of sp³-hybridized carbons (Fsp3) is 0.857. The van der Waals surface area contributed by atoms with Crippen LogP contribution in [0.15, 0.2) is 0 Å². The summed E-state index contributed by atoms with van der Waals surface area (Å²) in [5.74, 6) is -0.204. The predicted octanol–water partition coefficient (Wildman–Crippen LogP) is 0.204. The third kappa shape index (κ3) is 5.56. The summed E-state index contributed by atoms with van der Waals surface area (Å²) in [4.78, 5) is 12.4. The second kappa shape index (κ2) is 5.23. The predicted molar refractivity (Wildman–Crippen MR) is 41.6 cm³/mol. The first-order valence-corrected chi connectivity index (χ1v) is 3.63. The van der Waals surface area contributed by atoms with Gasteiger partial charge in [0, 0.05) is 6.42 Å². The van der Waals surface area contributed by atoms with Crippen LogP contribution in [0.1, 0.15) is 19.8 Å². The molecule has 0 spiro atoms. The largest absolute Gasteiger partial charge is 0.370 e. The van der Waals surface area contributed by atoms with Gasteiger partial charge in [-0.2, -0.15) is 0 Å². The van der Waals surface area contributed by atoms with Crippen LogP contribution in [0.2, 0.25) is 0 Å². The van der Waals surface area contributed by atoms with Gasteiger partial charge in [0.05, 0.1) is 0 Å². The van der Waals surface area contributed by atoms with Crippen LogP contribution in [0.3, 0.4) is 0 Å². The SMILES string of the molecule is CCN(C)CCCC(N)=O. The van der Waals surface area contributed by atoms with Crippen LogP contribution in [0.5, 0.6) is 0 Å². The average Bonchev–Trinajstić information content (AvgIpc) is 1.87. The van der Waals surface area contributed by atoms with Gasteiger partial charge in [0.2, 0.25) is 5.91 Å². The highest BCUT2D eigenvalue weighted by Gasteiger charge is 1.96. The van der Waals surface area contributed by atoms with Gasteiger partial charge >= 0.3 is 0 Å². The highest BCUT2D eigenvalue weighted by Crippen LogP contribution is 1.90. The molecule has 1 amide bonds. The number of nitrogens with two attached hydrogens (primary N) is 1. The monoisotopic (exact) mass is 144 g/mol. The highest BCUT2D eigenvalue weighted by atomic mass is 16.1. The van der Waals surface area contributed by atoms with Gasteiger partial charge in [-0.1, -0.05) is 6.92 Å². The van der Waals surface area contributed by atoms with E-state index in [-0.39, 0.29) is 5.91 Å². The third-order valence-electron chi connectivity index (χ3n) is 1.50. The Labute approximate surface area is 62.2 Å². The average molecular weight is 144 g/mol. The topological polar surface area (TPSA) is 46.3 Å². The van der Waals surface area contributed by atoms with Gasteiger partial charge in [-0.25, -0.2) is 0 Å². The van der Waals surface area contributed by atoms with E-state index in [1.807, 2.05) is 7.05 Å². The highest BCUT2D eigenvalue weighted by molar-refractivity contribution is 5.73. The Hall–Kier alpha value is -0.570. The van der Waals surface area contributed by atoms with Crippen molar-refractivity contribution in [2.24, 2.45) is 5.73 Å². The van der Waals surface area contributed by atoms with Gasteiger partial charge < -0.3 is 10.6 Å². The van der Waals surface area contributed by atoms with Gasteiger partial charge in [-0.3, -0.25) is 4.79 Å². The minimum atomic E-state index is -0.204. The summed E-state index contributed by atoms with van der Waals surface area (Å²) in [6.07, 6.45) is 1.38. The lowest BCUT2D eigenvalue weighted by molar-refractivity contribution is -0.118. The number of amides is 1. The second-order valence-electron chi connectivity index (χ2n) is 2.47. The lowest BCUT2D eigenvalue weighted by atomic mass is 10.3. The zero-order chi connectivity index (χ0) is 7.98. The minimum Gasteiger partial charge on any atom is -0.370 e. The van der Waals surface area contributed by atoms with E-state index in [1.165, 1.54) is 0 Å². The summed E-state index contributed by atoms with van der Waals surface area (Å²) in [7, 11) is 2.03. The molecule has 0 aromatic rings. The molecular weight excluding hydrogens is 128 g/mol. The number of rotatable bonds is 5. The maximum atomic E-state index is 10.3. The van der Waals surface area contributed by atoms with Crippen molar-refractivity contribution in [2.75, 3.05) is 20.1 Å². The van der Waals surface area contributed by atoms with Crippen molar-refractivity contribution in [1.82, 2.24) is 4.90 Å². The Morgan fingerprint density at radius 1 is 1.60 bits per heavy atom. The molecule has 0 saturated carbocycles. The van der Waals surface area contributed by atoms with Crippen molar-refractivity contribution in [3.8, 4) is 0 Å². The van der Waals surface area contributed by atoms with Crippen molar-refractivity contribution in [3.05, 3.63) is 0 Å². The molecule has 0 rings (SSSR count). The van der Waals surface area contributed by atoms with Crippen LogP contribution in [0.4, 0.5) is 0 Å². The van der Waals surface area contributed by atoms with Crippen molar-refractivity contribution in [1.29, 1.82) is 0 Å². The summed E-state index contributed by atoms with van der Waals surface area (Å²) < 4.78 is 0. The molecule has 2 N–H and O–H groups in total. The molecule has 60 valence electrons. The van der Waals surface area contributed by atoms with Crippen LogP contribution in [0.25, 0.3) is 0 Å². The zero-order valence-electron chi connectivity index (χ0n) is 6.76. The lowest BCUT2D eigenvalue weighted by Gasteiger charge is -2.11. The molecule has 3 nitrogen and oxygen atoms in total. The van der Waals surface area contributed by atoms with Gasteiger partial charge in [-0.05, 0) is 26.6 Å². The summed E-state index contributed by atoms with van der Waals surface area (Å²) in [6.45, 7) is 4.07. The molecule has 0 aromatic heterocycles. The standard InChI is InChI=1S/C7H16N2O/c1-3-9(2)6-4-5-7(8)10/h3-6H2,1-2H3,(H2,8,10). The van der Waals surface area contributed by atoms with Crippen LogP contribution >= 0.6 is 0 Å². The van der Waals surface area contributed by atoms with Crippen molar-refractivity contribution < 1.29 is 4.79 Å². The Morgan fingerprint density at radius 2 is 2.20 bits per heavy atom. The van der Waals surface area contributed by atoms with E-state index in [2.05, 4.69) is 11.8 Å². The summed E-state index contributed by atoms with van der Waals surface area (Å²) >= 11 is 0. The van der Waals surface area contributed by atoms with Gasteiger partial charge in [0.15, 0.2) is 0 Å². The van der Waals surface area contributed by atoms with E-state index >= 15 is 0 Å². The summed E-state index contributed by atoms with van der Waals surface area (Å²) in [5.41, 5.74) is 4.96. The van der Waals surface area contributed by atoms with Crippen molar-refractivity contribution in [3.63, 3.8) is 0 Å². The normalized spacial score (nSPS) is 10.3. The molecule has 0 bridgehead atoms. The number of carbonyl (C=O) groups excluding carboxylic acids is 1. The Morgan fingerprint density at radius 3 is 2.60 bits per heavy atom. The molecule has 0 aliphatic heterocycles. The number of primary amides is 1. The zero-order valence-corrected chi connectivity index (χ0v) is 6.76. The molecule has 3 heteroatoms. The van der Waals surface area contributed by atoms with Crippen LogP contribution in [-0.2, 0) is 4.79 Å². The van der Waals surface area contributed by atoms with Crippen LogP contribution in [0, 0.1) is 0 Å². The fourth-order valence-corrected chi connectivity index (χ4v) is 0.681. The molecule has 0 unspecified atom stereocenters. The first-order chi connectivity index (χ1) is 4.66. The lowest BCUT2D eigenvalue weighted by Crippen LogP contribution is -2.20. The van der Waals surface area contributed by atoms with E-state index < -0.39 is 0 Å². The third-order valence-corrected chi connectivity index (χ3v) is 1.50. The van der Waals surface area contributed by atoms with Gasteiger partial charge in [0.1, 0.15) is 0 Å². The first-order valence-electron chi connectivity index (χ1n) is 3.63. The van der Waals surface area contributed by atoms with Crippen molar-refractivity contribution >= 4 is 5.91 Å². The maximum Gasteiger partial charge on any atom is 0.217 e. The van der Waals surface area contributed by atoms with Crippen LogP contribution < -0.4 is 5.73 Å². The minimum absolute atomic E-state index is 0.204. The summed E-state index contributed by atoms with van der Waals surface area (Å²) in [6, 6.07) is 0. The molecule has 0 aromatic carbocycles. The quantitative estimate of drug-likeness (QED) is 0.599. The smallest absolute Gasteiger partial charge is 0.217 e. The molecule has 0 heterocycles. The number of nitrogens with zero attached hydrogens (tertiary/aromatic N) is 1. The molecule has 0 atom stereocenters. The fourth-order valence-electron chi connectivity index (χ4n) is 0.681. The molecule has 0 aliphatic carbocycles. The Kier molecular flexibility index (Phi) is 4.94. The maximum absolute atomic E-state index is 10.3. The van der Waals surface area contributed by atoms with Crippen molar-refractivity contribution in [2.45, 2.75) is 19.8 Å². The molecule has 0 aliphatic rings. The first kappa shape index (κ1) is 9.43. The summed E-state index contributed by atoms with van der Waals surface area (Å²) in [5, 5.41) is 0.